The topological polar surface area (TPSA) is 47.6 Å². The van der Waals surface area contributed by atoms with Crippen LogP contribution in [-0.4, -0.2) is 23.9 Å². The van der Waals surface area contributed by atoms with E-state index in [-0.39, 0.29) is 5.91 Å². The van der Waals surface area contributed by atoms with E-state index < -0.39 is 0 Å². The molecule has 0 saturated carbocycles. The molecule has 1 aromatic carbocycles. The Kier molecular flexibility index (Phi) is 5.03. The van der Waals surface area contributed by atoms with Crippen LogP contribution in [0.5, 0.6) is 11.5 Å². The minimum atomic E-state index is -0.160. The van der Waals surface area contributed by atoms with Crippen LogP contribution in [0.3, 0.4) is 0 Å². The molecular weight excluding hydrogens is 294 g/mol. The Morgan fingerprint density at radius 3 is 2.80 bits per heavy atom. The molecule has 4 nitrogen and oxygen atoms in total. The molecule has 1 aromatic rings. The van der Waals surface area contributed by atoms with Crippen LogP contribution in [0.25, 0.3) is 6.08 Å². The van der Waals surface area contributed by atoms with Crippen LogP contribution in [-0.2, 0) is 4.79 Å². The van der Waals surface area contributed by atoms with Gasteiger partial charge in [-0.25, -0.2) is 0 Å². The van der Waals surface area contributed by atoms with E-state index in [4.69, 9.17) is 21.7 Å². The van der Waals surface area contributed by atoms with Gasteiger partial charge in [0, 0.05) is 0 Å². The zero-order chi connectivity index (χ0) is 14.5. The number of nitrogens with one attached hydrogen (secondary N) is 1. The number of benzene rings is 1. The van der Waals surface area contributed by atoms with Gasteiger partial charge in [-0.1, -0.05) is 37.0 Å². The summed E-state index contributed by atoms with van der Waals surface area (Å²) in [5, 5.41) is 2.59. The molecule has 1 amide bonds. The summed E-state index contributed by atoms with van der Waals surface area (Å²) in [6.45, 7) is 2.66. The number of ether oxygens (including phenoxy) is 2. The quantitative estimate of drug-likeness (QED) is 0.669. The normalized spacial score (nSPS) is 16.4. The molecule has 0 spiro atoms. The van der Waals surface area contributed by atoms with Crippen LogP contribution in [0.2, 0.25) is 0 Å². The molecule has 0 aliphatic carbocycles. The van der Waals surface area contributed by atoms with Crippen molar-refractivity contribution in [3.05, 3.63) is 28.7 Å². The number of methoxy groups -OCH3 is 1. The van der Waals surface area contributed by atoms with Gasteiger partial charge in [-0.05, 0) is 30.2 Å². The maximum Gasteiger partial charge on any atom is 0.263 e. The SMILES string of the molecule is CCCOc1cc(/C=C2/SC(=S)NC2=O)ccc1OC. The van der Waals surface area contributed by atoms with Gasteiger partial charge in [-0.15, -0.1) is 0 Å². The van der Waals surface area contributed by atoms with Crippen LogP contribution >= 0.6 is 24.0 Å². The second kappa shape index (κ2) is 6.76. The molecule has 1 saturated heterocycles. The molecule has 20 heavy (non-hydrogen) atoms. The Labute approximate surface area is 127 Å². The zero-order valence-electron chi connectivity index (χ0n) is 11.3. The van der Waals surface area contributed by atoms with E-state index in [0.717, 1.165) is 12.0 Å². The summed E-state index contributed by atoms with van der Waals surface area (Å²) in [6, 6.07) is 5.56. The van der Waals surface area contributed by atoms with Gasteiger partial charge in [-0.3, -0.25) is 4.79 Å². The van der Waals surface area contributed by atoms with Crippen molar-refractivity contribution in [1.29, 1.82) is 0 Å². The lowest BCUT2D eigenvalue weighted by Gasteiger charge is -2.10. The van der Waals surface area contributed by atoms with Gasteiger partial charge in [0.2, 0.25) is 0 Å². The molecule has 1 N–H and O–H groups in total. The lowest BCUT2D eigenvalue weighted by Crippen LogP contribution is -2.17. The van der Waals surface area contributed by atoms with Crippen molar-refractivity contribution >= 4 is 40.3 Å². The van der Waals surface area contributed by atoms with Crippen LogP contribution in [0, 0.1) is 0 Å². The van der Waals surface area contributed by atoms with E-state index in [1.807, 2.05) is 25.1 Å². The average Bonchev–Trinajstić information content (AvgIpc) is 2.75. The fourth-order valence-electron chi connectivity index (χ4n) is 1.68. The fraction of sp³-hybridized carbons (Fsp3) is 0.286. The molecule has 1 aliphatic heterocycles. The van der Waals surface area contributed by atoms with Crippen LogP contribution in [0.15, 0.2) is 23.1 Å². The summed E-state index contributed by atoms with van der Waals surface area (Å²) in [6.07, 6.45) is 2.71. The van der Waals surface area contributed by atoms with E-state index in [2.05, 4.69) is 5.32 Å². The molecule has 2 rings (SSSR count). The van der Waals surface area contributed by atoms with Gasteiger partial charge < -0.3 is 14.8 Å². The highest BCUT2D eigenvalue weighted by molar-refractivity contribution is 8.26. The first-order valence-electron chi connectivity index (χ1n) is 6.19. The molecule has 1 aliphatic rings. The van der Waals surface area contributed by atoms with Crippen molar-refractivity contribution in [1.82, 2.24) is 5.32 Å². The third-order valence-electron chi connectivity index (χ3n) is 2.59. The molecule has 0 aromatic heterocycles. The van der Waals surface area contributed by atoms with Crippen molar-refractivity contribution in [2.24, 2.45) is 0 Å². The van der Waals surface area contributed by atoms with Gasteiger partial charge in [0.25, 0.3) is 5.91 Å². The van der Waals surface area contributed by atoms with Crippen LogP contribution < -0.4 is 14.8 Å². The number of thiocarbonyl (C=S) groups is 1. The lowest BCUT2D eigenvalue weighted by atomic mass is 10.2. The van der Waals surface area contributed by atoms with Crippen molar-refractivity contribution in [2.75, 3.05) is 13.7 Å². The second-order valence-corrected chi connectivity index (χ2v) is 5.83. The van der Waals surface area contributed by atoms with Crippen molar-refractivity contribution in [3.63, 3.8) is 0 Å². The number of thioether (sulfide) groups is 1. The van der Waals surface area contributed by atoms with E-state index >= 15 is 0 Å². The number of amides is 1. The summed E-state index contributed by atoms with van der Waals surface area (Å²) >= 11 is 6.22. The number of hydrogen-bond donors (Lipinski definition) is 1. The van der Waals surface area contributed by atoms with Crippen molar-refractivity contribution < 1.29 is 14.3 Å². The number of hydrogen-bond acceptors (Lipinski definition) is 5. The standard InChI is InChI=1S/C14H15NO3S2/c1-3-6-18-11-7-9(4-5-10(11)17-2)8-12-13(16)15-14(19)20-12/h4-5,7-8H,3,6H2,1-2H3,(H,15,16,19)/b12-8+. The molecule has 0 unspecified atom stereocenters. The largest absolute Gasteiger partial charge is 0.493 e. The molecule has 1 fully saturated rings. The molecule has 0 bridgehead atoms. The first-order valence-corrected chi connectivity index (χ1v) is 7.42. The Morgan fingerprint density at radius 2 is 2.20 bits per heavy atom. The zero-order valence-corrected chi connectivity index (χ0v) is 12.9. The molecule has 0 atom stereocenters. The summed E-state index contributed by atoms with van der Waals surface area (Å²) in [5.74, 6) is 1.20. The van der Waals surface area contributed by atoms with E-state index in [9.17, 15) is 4.79 Å². The summed E-state index contributed by atoms with van der Waals surface area (Å²) in [7, 11) is 1.60. The Balaban J connectivity index is 2.26. The van der Waals surface area contributed by atoms with E-state index in [1.54, 1.807) is 13.2 Å². The van der Waals surface area contributed by atoms with Crippen LogP contribution in [0.4, 0.5) is 0 Å². The number of carbonyl (C=O) groups excluding carboxylic acids is 1. The van der Waals surface area contributed by atoms with Gasteiger partial charge in [0.15, 0.2) is 11.5 Å². The third kappa shape index (κ3) is 3.52. The highest BCUT2D eigenvalue weighted by Crippen LogP contribution is 2.31. The molecule has 1 heterocycles. The van der Waals surface area contributed by atoms with Gasteiger partial charge >= 0.3 is 0 Å². The second-order valence-electron chi connectivity index (χ2n) is 4.11. The van der Waals surface area contributed by atoms with Gasteiger partial charge in [0.1, 0.15) is 4.32 Å². The minimum absolute atomic E-state index is 0.160. The van der Waals surface area contributed by atoms with Gasteiger partial charge in [0.05, 0.1) is 18.6 Å². The van der Waals surface area contributed by atoms with Crippen LogP contribution in [0.1, 0.15) is 18.9 Å². The maximum atomic E-state index is 11.6. The molecule has 0 radical (unpaired) electrons. The minimum Gasteiger partial charge on any atom is -0.493 e. The number of carbonyl (C=O) groups is 1. The fourth-order valence-corrected chi connectivity index (χ4v) is 2.72. The number of rotatable bonds is 5. The maximum absolute atomic E-state index is 11.6. The summed E-state index contributed by atoms with van der Waals surface area (Å²) < 4.78 is 11.4. The first-order chi connectivity index (χ1) is 9.63. The predicted molar refractivity (Wildman–Crippen MR) is 85.1 cm³/mol. The molecule has 106 valence electrons. The molecule has 6 heteroatoms. The highest BCUT2D eigenvalue weighted by atomic mass is 32.2. The molecular formula is C14H15NO3S2. The first kappa shape index (κ1) is 14.9. The predicted octanol–water partition coefficient (Wildman–Crippen LogP) is 2.97. The Bertz CT molecular complexity index is 570. The highest BCUT2D eigenvalue weighted by Gasteiger charge is 2.22. The smallest absolute Gasteiger partial charge is 0.263 e. The third-order valence-corrected chi connectivity index (χ3v) is 3.75. The monoisotopic (exact) mass is 309 g/mol. The Morgan fingerprint density at radius 1 is 1.40 bits per heavy atom. The lowest BCUT2D eigenvalue weighted by molar-refractivity contribution is -0.115. The summed E-state index contributed by atoms with van der Waals surface area (Å²) in [4.78, 5) is 12.2. The Hall–Kier alpha value is -1.53. The average molecular weight is 309 g/mol. The van der Waals surface area contributed by atoms with Crippen molar-refractivity contribution in [2.45, 2.75) is 13.3 Å². The van der Waals surface area contributed by atoms with Crippen molar-refractivity contribution in [3.8, 4) is 11.5 Å². The van der Waals surface area contributed by atoms with Gasteiger partial charge in [-0.2, -0.15) is 0 Å². The van der Waals surface area contributed by atoms with E-state index in [1.165, 1.54) is 11.8 Å². The summed E-state index contributed by atoms with van der Waals surface area (Å²) in [5.41, 5.74) is 0.874. The van der Waals surface area contributed by atoms with E-state index in [0.29, 0.717) is 27.3 Å².